The number of urea groups is 1. The van der Waals surface area contributed by atoms with Crippen LogP contribution in [-0.2, 0) is 9.53 Å². The third kappa shape index (κ3) is 7.30. The number of carboxylic acid groups (broad SMARTS) is 1. The Morgan fingerprint density at radius 2 is 1.95 bits per heavy atom. The summed E-state index contributed by atoms with van der Waals surface area (Å²) in [6.07, 6.45) is -0.643. The van der Waals surface area contributed by atoms with E-state index in [4.69, 9.17) is 9.84 Å². The lowest BCUT2D eigenvalue weighted by Gasteiger charge is -2.30. The van der Waals surface area contributed by atoms with Gasteiger partial charge in [0.2, 0.25) is 0 Å². The number of aliphatic carboxylic acids is 1. The van der Waals surface area contributed by atoms with Crippen LogP contribution in [0.4, 0.5) is 4.79 Å². The number of ether oxygens (including phenoxy) is 1. The van der Waals surface area contributed by atoms with Crippen molar-refractivity contribution in [2.75, 3.05) is 40.8 Å². The number of amides is 2. The molecule has 2 N–H and O–H groups in total. The molecule has 0 aliphatic rings. The predicted octanol–water partition coefficient (Wildman–Crippen LogP) is 0.458. The molecule has 0 spiro atoms. The van der Waals surface area contributed by atoms with E-state index in [0.717, 1.165) is 6.54 Å². The fourth-order valence-electron chi connectivity index (χ4n) is 2.02. The van der Waals surface area contributed by atoms with Gasteiger partial charge in [0, 0.05) is 32.8 Å². The van der Waals surface area contributed by atoms with Crippen LogP contribution < -0.4 is 5.32 Å². The predicted molar refractivity (Wildman–Crippen MR) is 76.8 cm³/mol. The molecule has 0 aliphatic heterocycles. The van der Waals surface area contributed by atoms with E-state index in [1.54, 1.807) is 4.90 Å². The first-order chi connectivity index (χ1) is 9.31. The molecule has 0 aliphatic carbocycles. The highest BCUT2D eigenvalue weighted by atomic mass is 16.5. The van der Waals surface area contributed by atoms with Crippen LogP contribution in [0.5, 0.6) is 0 Å². The Balaban J connectivity index is 4.37. The third-order valence-corrected chi connectivity index (χ3v) is 2.98. The number of carbonyl (C=O) groups is 2. The van der Waals surface area contributed by atoms with Crippen LogP contribution in [0.1, 0.15) is 20.3 Å². The summed E-state index contributed by atoms with van der Waals surface area (Å²) < 4.78 is 5.03. The van der Waals surface area contributed by atoms with Crippen LogP contribution in [0, 0.1) is 0 Å². The number of rotatable bonds is 9. The molecule has 7 heteroatoms. The van der Waals surface area contributed by atoms with E-state index >= 15 is 0 Å². The van der Waals surface area contributed by atoms with E-state index in [1.165, 1.54) is 7.11 Å². The van der Waals surface area contributed by atoms with Crippen LogP contribution in [0.15, 0.2) is 0 Å². The average Bonchev–Trinajstić information content (AvgIpc) is 2.33. The molecule has 0 heterocycles. The standard InChI is InChI=1S/C13H27N3O4/c1-6-16(10(2)9-15(3)4)13(19)14-8-11(20-5)7-12(17)18/h10-11H,6-9H2,1-5H3,(H,14,19)(H,17,18). The third-order valence-electron chi connectivity index (χ3n) is 2.98. The first kappa shape index (κ1) is 18.7. The summed E-state index contributed by atoms with van der Waals surface area (Å²) in [5.41, 5.74) is 0. The molecule has 0 saturated carbocycles. The van der Waals surface area contributed by atoms with Crippen LogP contribution in [0.2, 0.25) is 0 Å². The molecule has 7 nitrogen and oxygen atoms in total. The maximum atomic E-state index is 12.1. The first-order valence-corrected chi connectivity index (χ1v) is 6.75. The van der Waals surface area contributed by atoms with Crippen molar-refractivity contribution in [3.8, 4) is 0 Å². The van der Waals surface area contributed by atoms with Gasteiger partial charge in [-0.05, 0) is 27.9 Å². The summed E-state index contributed by atoms with van der Waals surface area (Å²) in [7, 11) is 5.35. The molecule has 2 atom stereocenters. The van der Waals surface area contributed by atoms with E-state index in [0.29, 0.717) is 6.54 Å². The summed E-state index contributed by atoms with van der Waals surface area (Å²) in [6, 6.07) is -0.121. The molecular weight excluding hydrogens is 262 g/mol. The highest BCUT2D eigenvalue weighted by Gasteiger charge is 2.20. The summed E-state index contributed by atoms with van der Waals surface area (Å²) in [6.45, 7) is 5.44. The lowest BCUT2D eigenvalue weighted by atomic mass is 10.2. The highest BCUT2D eigenvalue weighted by molar-refractivity contribution is 5.74. The second-order valence-corrected chi connectivity index (χ2v) is 5.04. The minimum atomic E-state index is -0.945. The molecule has 20 heavy (non-hydrogen) atoms. The summed E-state index contributed by atoms with van der Waals surface area (Å²) in [5, 5.41) is 11.4. The van der Waals surface area contributed by atoms with E-state index in [9.17, 15) is 9.59 Å². The normalized spacial score (nSPS) is 13.9. The molecule has 2 amide bonds. The van der Waals surface area contributed by atoms with Gasteiger partial charge in [-0.15, -0.1) is 0 Å². The van der Waals surface area contributed by atoms with Crippen molar-refractivity contribution in [1.82, 2.24) is 15.1 Å². The Morgan fingerprint density at radius 3 is 2.35 bits per heavy atom. The molecule has 0 fully saturated rings. The molecule has 0 bridgehead atoms. The lowest BCUT2D eigenvalue weighted by Crippen LogP contribution is -2.50. The van der Waals surface area contributed by atoms with Gasteiger partial charge in [-0.3, -0.25) is 4.79 Å². The van der Waals surface area contributed by atoms with Gasteiger partial charge in [-0.1, -0.05) is 0 Å². The Bertz CT molecular complexity index is 310. The molecule has 0 aromatic rings. The van der Waals surface area contributed by atoms with Crippen LogP contribution >= 0.6 is 0 Å². The van der Waals surface area contributed by atoms with Crippen molar-refractivity contribution < 1.29 is 19.4 Å². The Morgan fingerprint density at radius 1 is 1.35 bits per heavy atom. The maximum absolute atomic E-state index is 12.1. The zero-order valence-corrected chi connectivity index (χ0v) is 13.0. The summed E-state index contributed by atoms with van der Waals surface area (Å²) in [4.78, 5) is 26.5. The Hall–Kier alpha value is -1.34. The minimum Gasteiger partial charge on any atom is -0.481 e. The largest absolute Gasteiger partial charge is 0.481 e. The zero-order chi connectivity index (χ0) is 15.7. The molecular formula is C13H27N3O4. The number of nitrogens with zero attached hydrogens (tertiary/aromatic N) is 2. The van der Waals surface area contributed by atoms with E-state index < -0.39 is 12.1 Å². The van der Waals surface area contributed by atoms with Crippen molar-refractivity contribution >= 4 is 12.0 Å². The lowest BCUT2D eigenvalue weighted by molar-refractivity contribution is -0.139. The van der Waals surface area contributed by atoms with E-state index in [2.05, 4.69) is 5.32 Å². The van der Waals surface area contributed by atoms with Crippen molar-refractivity contribution in [3.63, 3.8) is 0 Å². The monoisotopic (exact) mass is 289 g/mol. The average molecular weight is 289 g/mol. The molecule has 0 aromatic heterocycles. The number of carbonyl (C=O) groups excluding carboxylic acids is 1. The number of likely N-dealkylation sites (N-methyl/N-ethyl adjacent to an activating group) is 2. The molecule has 0 radical (unpaired) electrons. The number of hydrogen-bond donors (Lipinski definition) is 2. The summed E-state index contributed by atoms with van der Waals surface area (Å²) >= 11 is 0. The second kappa shape index (κ2) is 9.55. The highest BCUT2D eigenvalue weighted by Crippen LogP contribution is 2.02. The number of nitrogens with one attached hydrogen (secondary N) is 1. The number of methoxy groups -OCH3 is 1. The van der Waals surface area contributed by atoms with Crippen LogP contribution in [0.3, 0.4) is 0 Å². The van der Waals surface area contributed by atoms with Crippen molar-refractivity contribution in [3.05, 3.63) is 0 Å². The quantitative estimate of drug-likeness (QED) is 0.644. The summed E-state index contributed by atoms with van der Waals surface area (Å²) in [5.74, 6) is -0.945. The molecule has 2 unspecified atom stereocenters. The Kier molecular flexibility index (Phi) is 8.91. The number of hydrogen-bond acceptors (Lipinski definition) is 4. The molecule has 0 rings (SSSR count). The van der Waals surface area contributed by atoms with Crippen molar-refractivity contribution in [2.45, 2.75) is 32.4 Å². The fourth-order valence-corrected chi connectivity index (χ4v) is 2.02. The van der Waals surface area contributed by atoms with Crippen LogP contribution in [0.25, 0.3) is 0 Å². The van der Waals surface area contributed by atoms with Crippen molar-refractivity contribution in [2.24, 2.45) is 0 Å². The van der Waals surface area contributed by atoms with Gasteiger partial charge in [-0.25, -0.2) is 4.79 Å². The number of carboxylic acids is 1. The van der Waals surface area contributed by atoms with Gasteiger partial charge in [0.05, 0.1) is 12.5 Å². The zero-order valence-electron chi connectivity index (χ0n) is 13.0. The van der Waals surface area contributed by atoms with Gasteiger partial charge in [0.15, 0.2) is 0 Å². The van der Waals surface area contributed by atoms with Gasteiger partial charge in [0.1, 0.15) is 0 Å². The van der Waals surface area contributed by atoms with E-state index in [-0.39, 0.29) is 25.0 Å². The van der Waals surface area contributed by atoms with Gasteiger partial charge in [-0.2, -0.15) is 0 Å². The van der Waals surface area contributed by atoms with E-state index in [1.807, 2.05) is 32.8 Å². The van der Waals surface area contributed by atoms with Crippen LogP contribution in [-0.4, -0.2) is 79.9 Å². The topological polar surface area (TPSA) is 82.1 Å². The maximum Gasteiger partial charge on any atom is 0.317 e. The van der Waals surface area contributed by atoms with Crippen molar-refractivity contribution in [1.29, 1.82) is 0 Å². The minimum absolute atomic E-state index is 0.0791. The fraction of sp³-hybridized carbons (Fsp3) is 0.846. The SMILES string of the molecule is CCN(C(=O)NCC(CC(=O)O)OC)C(C)CN(C)C. The van der Waals surface area contributed by atoms with Gasteiger partial charge in [0.25, 0.3) is 0 Å². The smallest absolute Gasteiger partial charge is 0.317 e. The van der Waals surface area contributed by atoms with Gasteiger partial charge < -0.3 is 25.0 Å². The van der Waals surface area contributed by atoms with Gasteiger partial charge >= 0.3 is 12.0 Å². The first-order valence-electron chi connectivity index (χ1n) is 6.75. The molecule has 118 valence electrons. The molecule has 0 saturated heterocycles. The molecule has 0 aromatic carbocycles. The second-order valence-electron chi connectivity index (χ2n) is 5.04. The Labute approximate surface area is 120 Å².